The molecule has 3 aliphatic rings. The second kappa shape index (κ2) is 6.76. The fourth-order valence-electron chi connectivity index (χ4n) is 4.36. The molecule has 0 bridgehead atoms. The highest BCUT2D eigenvalue weighted by atomic mass is 16.2. The molecule has 1 aromatic rings. The summed E-state index contributed by atoms with van der Waals surface area (Å²) in [5.74, 6) is 0.0426. The summed E-state index contributed by atoms with van der Waals surface area (Å²) < 4.78 is 0. The van der Waals surface area contributed by atoms with Crippen LogP contribution in [-0.4, -0.2) is 54.0 Å². The van der Waals surface area contributed by atoms with Gasteiger partial charge < -0.3 is 15.5 Å². The molecule has 0 radical (unpaired) electrons. The Morgan fingerprint density at radius 3 is 2.69 bits per heavy atom. The third kappa shape index (κ3) is 2.98. The predicted molar refractivity (Wildman–Crippen MR) is 99.5 cm³/mol. The van der Waals surface area contributed by atoms with Crippen molar-refractivity contribution in [2.75, 3.05) is 26.2 Å². The largest absolute Gasteiger partial charge is 0.331 e. The van der Waals surface area contributed by atoms with Crippen molar-refractivity contribution >= 4 is 11.9 Å². The summed E-state index contributed by atoms with van der Waals surface area (Å²) in [6, 6.07) is 7.82. The van der Waals surface area contributed by atoms with Crippen molar-refractivity contribution in [3.05, 3.63) is 46.7 Å². The van der Waals surface area contributed by atoms with Gasteiger partial charge in [-0.2, -0.15) is 0 Å². The topological polar surface area (TPSA) is 64.7 Å². The maximum atomic E-state index is 13.1. The van der Waals surface area contributed by atoms with Crippen molar-refractivity contribution in [3.8, 4) is 0 Å². The van der Waals surface area contributed by atoms with Crippen molar-refractivity contribution in [2.24, 2.45) is 0 Å². The number of aryl methyl sites for hydroxylation is 1. The van der Waals surface area contributed by atoms with Gasteiger partial charge in [0.25, 0.3) is 5.91 Å². The Bertz CT molecular complexity index is 756. The summed E-state index contributed by atoms with van der Waals surface area (Å²) in [5.41, 5.74) is 3.55. The summed E-state index contributed by atoms with van der Waals surface area (Å²) in [6.07, 6.45) is 2.33. The van der Waals surface area contributed by atoms with Crippen LogP contribution in [0.4, 0.5) is 4.79 Å². The van der Waals surface area contributed by atoms with Crippen molar-refractivity contribution < 1.29 is 9.59 Å². The van der Waals surface area contributed by atoms with Crippen LogP contribution in [0.3, 0.4) is 0 Å². The molecule has 1 saturated heterocycles. The molecule has 138 valence electrons. The first-order valence-corrected chi connectivity index (χ1v) is 9.47. The van der Waals surface area contributed by atoms with E-state index < -0.39 is 0 Å². The number of benzene rings is 1. The fourth-order valence-corrected chi connectivity index (χ4v) is 4.36. The highest BCUT2D eigenvalue weighted by molar-refractivity contribution is 6.01. The Morgan fingerprint density at radius 1 is 1.19 bits per heavy atom. The summed E-state index contributed by atoms with van der Waals surface area (Å²) in [7, 11) is 0. The number of hydrogen-bond donors (Lipinski definition) is 2. The van der Waals surface area contributed by atoms with Crippen LogP contribution in [0.15, 0.2) is 35.5 Å². The van der Waals surface area contributed by atoms with E-state index in [9.17, 15) is 9.59 Å². The van der Waals surface area contributed by atoms with Gasteiger partial charge in [-0.3, -0.25) is 9.69 Å². The van der Waals surface area contributed by atoms with Gasteiger partial charge in [0, 0.05) is 12.6 Å². The Labute approximate surface area is 154 Å². The Morgan fingerprint density at radius 2 is 1.96 bits per heavy atom. The fraction of sp³-hybridized carbons (Fsp3) is 0.500. The zero-order valence-electron chi connectivity index (χ0n) is 15.4. The summed E-state index contributed by atoms with van der Waals surface area (Å²) in [4.78, 5) is 29.6. The van der Waals surface area contributed by atoms with Crippen LogP contribution in [0.25, 0.3) is 0 Å². The van der Waals surface area contributed by atoms with Crippen LogP contribution in [0.5, 0.6) is 0 Å². The average Bonchev–Trinajstić information content (AvgIpc) is 3.20. The summed E-state index contributed by atoms with van der Waals surface area (Å²) in [5, 5.41) is 5.78. The lowest BCUT2D eigenvalue weighted by Gasteiger charge is -2.28. The predicted octanol–water partition coefficient (Wildman–Crippen LogP) is 1.93. The first-order valence-electron chi connectivity index (χ1n) is 9.47. The lowest BCUT2D eigenvalue weighted by molar-refractivity contribution is -0.126. The third-order valence-electron chi connectivity index (χ3n) is 5.77. The lowest BCUT2D eigenvalue weighted by atomic mass is 9.95. The van der Waals surface area contributed by atoms with Gasteiger partial charge in [-0.25, -0.2) is 4.79 Å². The normalized spacial score (nSPS) is 26.2. The molecule has 3 amide bonds. The average molecular weight is 354 g/mol. The van der Waals surface area contributed by atoms with E-state index in [-0.39, 0.29) is 18.0 Å². The molecule has 3 heterocycles. The molecule has 1 aromatic carbocycles. The van der Waals surface area contributed by atoms with Crippen molar-refractivity contribution in [2.45, 2.75) is 38.8 Å². The quantitative estimate of drug-likeness (QED) is 0.868. The van der Waals surface area contributed by atoms with Crippen LogP contribution < -0.4 is 10.6 Å². The summed E-state index contributed by atoms with van der Waals surface area (Å²) >= 11 is 0. The molecular formula is C20H26N4O2. The molecule has 0 saturated carbocycles. The monoisotopic (exact) mass is 354 g/mol. The Balaban J connectivity index is 1.57. The number of rotatable bonds is 4. The molecule has 0 aliphatic carbocycles. The zero-order valence-corrected chi connectivity index (χ0v) is 15.4. The molecule has 26 heavy (non-hydrogen) atoms. The van der Waals surface area contributed by atoms with Gasteiger partial charge in [-0.05, 0) is 38.4 Å². The SMILES string of the molecule is CCN1CCC[C@@H]1CN1CC2=C(C1=O)[C@H](c1ccc(C)cc1)NC(=O)N2. The molecule has 6 nitrogen and oxygen atoms in total. The van der Waals surface area contributed by atoms with Crippen molar-refractivity contribution in [1.29, 1.82) is 0 Å². The van der Waals surface area contributed by atoms with Gasteiger partial charge in [0.15, 0.2) is 0 Å². The van der Waals surface area contributed by atoms with E-state index in [0.29, 0.717) is 18.2 Å². The van der Waals surface area contributed by atoms with Crippen LogP contribution in [-0.2, 0) is 4.79 Å². The van der Waals surface area contributed by atoms with Gasteiger partial charge in [0.05, 0.1) is 23.9 Å². The smallest absolute Gasteiger partial charge is 0.319 e. The number of carbonyl (C=O) groups excluding carboxylic acids is 2. The van der Waals surface area contributed by atoms with Gasteiger partial charge in [-0.1, -0.05) is 36.8 Å². The van der Waals surface area contributed by atoms with Crippen molar-refractivity contribution in [1.82, 2.24) is 20.4 Å². The molecule has 0 unspecified atom stereocenters. The van der Waals surface area contributed by atoms with Gasteiger partial charge in [-0.15, -0.1) is 0 Å². The second-order valence-electron chi connectivity index (χ2n) is 7.44. The molecule has 1 fully saturated rings. The maximum absolute atomic E-state index is 13.1. The molecule has 6 heteroatoms. The number of likely N-dealkylation sites (tertiary alicyclic amines) is 1. The van der Waals surface area contributed by atoms with E-state index in [1.807, 2.05) is 36.1 Å². The summed E-state index contributed by atoms with van der Waals surface area (Å²) in [6.45, 7) is 7.56. The Kier molecular flexibility index (Phi) is 4.44. The van der Waals surface area contributed by atoms with E-state index in [0.717, 1.165) is 42.9 Å². The van der Waals surface area contributed by atoms with Gasteiger partial charge in [0.1, 0.15) is 0 Å². The highest BCUT2D eigenvalue weighted by Gasteiger charge is 2.41. The van der Waals surface area contributed by atoms with Gasteiger partial charge >= 0.3 is 6.03 Å². The first kappa shape index (κ1) is 17.1. The van der Waals surface area contributed by atoms with Crippen LogP contribution in [0.1, 0.15) is 36.9 Å². The second-order valence-corrected chi connectivity index (χ2v) is 7.44. The molecular weight excluding hydrogens is 328 g/mol. The third-order valence-corrected chi connectivity index (χ3v) is 5.77. The molecule has 2 atom stereocenters. The highest BCUT2D eigenvalue weighted by Crippen LogP contribution is 2.33. The van der Waals surface area contributed by atoms with E-state index in [4.69, 9.17) is 0 Å². The minimum Gasteiger partial charge on any atom is -0.331 e. The number of hydrogen-bond acceptors (Lipinski definition) is 3. The zero-order chi connectivity index (χ0) is 18.3. The number of nitrogens with zero attached hydrogens (tertiary/aromatic N) is 2. The lowest BCUT2D eigenvalue weighted by Crippen LogP contribution is -2.44. The molecule has 2 N–H and O–H groups in total. The van der Waals surface area contributed by atoms with E-state index in [1.165, 1.54) is 6.42 Å². The number of nitrogens with one attached hydrogen (secondary N) is 2. The van der Waals surface area contributed by atoms with Gasteiger partial charge in [0.2, 0.25) is 0 Å². The first-order chi connectivity index (χ1) is 12.6. The molecule has 4 rings (SSSR count). The number of likely N-dealkylation sites (N-methyl/N-ethyl adjacent to an activating group) is 1. The van der Waals surface area contributed by atoms with Crippen molar-refractivity contribution in [3.63, 3.8) is 0 Å². The number of amides is 3. The molecule has 3 aliphatic heterocycles. The number of carbonyl (C=O) groups is 2. The standard InChI is InChI=1S/C20H26N4O2/c1-3-23-10-4-5-15(23)11-24-12-16-17(19(24)25)18(22-20(26)21-16)14-8-6-13(2)7-9-14/h6-9,15,18H,3-5,10-12H2,1-2H3,(H2,21,22,26)/t15-,18+/m1/s1. The minimum absolute atomic E-state index is 0.0426. The molecule has 0 aromatic heterocycles. The van der Waals surface area contributed by atoms with Crippen LogP contribution in [0, 0.1) is 6.92 Å². The maximum Gasteiger partial charge on any atom is 0.319 e. The van der Waals surface area contributed by atoms with Crippen LogP contribution in [0.2, 0.25) is 0 Å². The van der Waals surface area contributed by atoms with E-state index >= 15 is 0 Å². The van der Waals surface area contributed by atoms with E-state index in [1.54, 1.807) is 0 Å². The Hall–Kier alpha value is -2.34. The minimum atomic E-state index is -0.372. The number of urea groups is 1. The van der Waals surface area contributed by atoms with Crippen LogP contribution >= 0.6 is 0 Å². The van der Waals surface area contributed by atoms with E-state index in [2.05, 4.69) is 22.5 Å². The molecule has 0 spiro atoms.